The maximum absolute atomic E-state index is 13.2. The van der Waals surface area contributed by atoms with E-state index < -0.39 is 0 Å². The fourth-order valence-corrected chi connectivity index (χ4v) is 1.25. The van der Waals surface area contributed by atoms with Gasteiger partial charge in [-0.25, -0.2) is 9.38 Å². The van der Waals surface area contributed by atoms with Gasteiger partial charge >= 0.3 is 0 Å². The van der Waals surface area contributed by atoms with Crippen LogP contribution in [0.2, 0.25) is 0 Å². The molecule has 1 rings (SSSR count). The number of nitrogen functional groups attached to an aromatic ring is 1. The van der Waals surface area contributed by atoms with E-state index in [2.05, 4.69) is 11.6 Å². The van der Waals surface area contributed by atoms with Crippen LogP contribution < -0.4 is 5.73 Å². The number of rotatable bonds is 3. The molecule has 0 amide bonds. The van der Waals surface area contributed by atoms with Gasteiger partial charge in [0, 0.05) is 25.3 Å². The molecular weight excluding hydrogens is 205 g/mol. The summed E-state index contributed by atoms with van der Waals surface area (Å²) in [4.78, 5) is 5.90. The average molecular weight is 221 g/mol. The molecule has 0 aliphatic heterocycles. The van der Waals surface area contributed by atoms with Crippen LogP contribution in [0, 0.1) is 12.7 Å². The lowest BCUT2D eigenvalue weighted by Crippen LogP contribution is -2.07. The van der Waals surface area contributed by atoms with Crippen molar-refractivity contribution in [2.75, 3.05) is 19.8 Å². The zero-order valence-electron chi connectivity index (χ0n) is 9.79. The summed E-state index contributed by atoms with van der Waals surface area (Å²) in [7, 11) is 3.70. The first-order valence-electron chi connectivity index (χ1n) is 4.87. The third-order valence-electron chi connectivity index (χ3n) is 2.17. The van der Waals surface area contributed by atoms with Crippen molar-refractivity contribution in [3.8, 4) is 0 Å². The summed E-state index contributed by atoms with van der Waals surface area (Å²) < 4.78 is 13.2. The first-order chi connectivity index (χ1) is 7.41. The van der Waals surface area contributed by atoms with Gasteiger partial charge in [0.05, 0.1) is 12.0 Å². The second kappa shape index (κ2) is 4.79. The Labute approximate surface area is 95.1 Å². The highest BCUT2D eigenvalue weighted by Crippen LogP contribution is 2.24. The highest BCUT2D eigenvalue weighted by molar-refractivity contribution is 5.75. The molecule has 0 unspecified atom stereocenters. The van der Waals surface area contributed by atoms with E-state index in [9.17, 15) is 4.39 Å². The van der Waals surface area contributed by atoms with Gasteiger partial charge in [0.1, 0.15) is 5.82 Å². The number of hydrogen-bond acceptors (Lipinski definition) is 2. The Morgan fingerprint density at radius 3 is 2.69 bits per heavy atom. The molecule has 0 atom stereocenters. The molecular formula is C12H16FN3. The Hall–Kier alpha value is -1.84. The molecule has 0 saturated carbocycles. The zero-order valence-corrected chi connectivity index (χ0v) is 9.79. The summed E-state index contributed by atoms with van der Waals surface area (Å²) in [5.41, 5.74) is 8.01. The van der Waals surface area contributed by atoms with E-state index in [1.807, 2.05) is 21.0 Å². The van der Waals surface area contributed by atoms with Crippen molar-refractivity contribution in [2.24, 2.45) is 4.99 Å². The van der Waals surface area contributed by atoms with E-state index in [4.69, 9.17) is 5.73 Å². The fraction of sp³-hybridized carbons (Fsp3) is 0.250. The molecule has 0 spiro atoms. The molecule has 4 heteroatoms. The van der Waals surface area contributed by atoms with Crippen molar-refractivity contribution in [1.29, 1.82) is 0 Å². The molecule has 0 heterocycles. The molecule has 1 aromatic carbocycles. The smallest absolute Gasteiger partial charge is 0.125 e. The van der Waals surface area contributed by atoms with Gasteiger partial charge in [-0.15, -0.1) is 0 Å². The molecule has 0 radical (unpaired) electrons. The van der Waals surface area contributed by atoms with Crippen molar-refractivity contribution < 1.29 is 4.39 Å². The molecule has 0 aliphatic rings. The quantitative estimate of drug-likeness (QED) is 0.483. The van der Waals surface area contributed by atoms with Gasteiger partial charge in [-0.3, -0.25) is 0 Å². The Bertz CT molecular complexity index is 436. The minimum atomic E-state index is -0.376. The second-order valence-electron chi connectivity index (χ2n) is 3.82. The maximum Gasteiger partial charge on any atom is 0.125 e. The standard InChI is InChI=1S/C12H16FN3/c1-8-11(5-10(13)6-12(8)14)9(2)15-7-16(3)4/h5-7H,2,14H2,1,3-4H3. The number of benzene rings is 1. The Morgan fingerprint density at radius 2 is 2.12 bits per heavy atom. The number of anilines is 1. The van der Waals surface area contributed by atoms with Gasteiger partial charge < -0.3 is 10.6 Å². The van der Waals surface area contributed by atoms with Crippen molar-refractivity contribution in [3.05, 3.63) is 35.7 Å². The lowest BCUT2D eigenvalue weighted by Gasteiger charge is -2.09. The summed E-state index contributed by atoms with van der Waals surface area (Å²) in [5.74, 6) is -0.376. The molecule has 16 heavy (non-hydrogen) atoms. The van der Waals surface area contributed by atoms with Crippen LogP contribution in [0.4, 0.5) is 10.1 Å². The predicted molar refractivity (Wildman–Crippen MR) is 66.8 cm³/mol. The monoisotopic (exact) mass is 221 g/mol. The van der Waals surface area contributed by atoms with Crippen molar-refractivity contribution in [3.63, 3.8) is 0 Å². The largest absolute Gasteiger partial charge is 0.398 e. The average Bonchev–Trinajstić information content (AvgIpc) is 2.19. The van der Waals surface area contributed by atoms with Crippen LogP contribution in [0.1, 0.15) is 11.1 Å². The molecule has 86 valence electrons. The minimum absolute atomic E-state index is 0.376. The first kappa shape index (κ1) is 12.2. The van der Waals surface area contributed by atoms with Crippen LogP contribution in [0.5, 0.6) is 0 Å². The number of nitrogens with two attached hydrogens (primary N) is 1. The van der Waals surface area contributed by atoms with E-state index in [1.165, 1.54) is 12.1 Å². The van der Waals surface area contributed by atoms with E-state index in [1.54, 1.807) is 11.2 Å². The zero-order chi connectivity index (χ0) is 12.3. The summed E-state index contributed by atoms with van der Waals surface area (Å²) >= 11 is 0. The van der Waals surface area contributed by atoms with Crippen LogP contribution in [0.3, 0.4) is 0 Å². The van der Waals surface area contributed by atoms with Crippen LogP contribution in [-0.2, 0) is 0 Å². The maximum atomic E-state index is 13.2. The Morgan fingerprint density at radius 1 is 1.50 bits per heavy atom. The number of hydrogen-bond donors (Lipinski definition) is 1. The molecule has 0 saturated heterocycles. The van der Waals surface area contributed by atoms with Gasteiger partial charge in [0.25, 0.3) is 0 Å². The van der Waals surface area contributed by atoms with Crippen LogP contribution >= 0.6 is 0 Å². The molecule has 0 bridgehead atoms. The van der Waals surface area contributed by atoms with E-state index in [0.29, 0.717) is 16.9 Å². The van der Waals surface area contributed by atoms with Gasteiger partial charge in [0.2, 0.25) is 0 Å². The van der Waals surface area contributed by atoms with Crippen molar-refractivity contribution >= 4 is 17.7 Å². The van der Waals surface area contributed by atoms with E-state index in [0.717, 1.165) is 5.56 Å². The first-order valence-corrected chi connectivity index (χ1v) is 4.87. The summed E-state index contributed by atoms with van der Waals surface area (Å²) in [6.07, 6.45) is 1.61. The Kier molecular flexibility index (Phi) is 3.66. The SMILES string of the molecule is C=C(N=CN(C)C)c1cc(F)cc(N)c1C. The summed E-state index contributed by atoms with van der Waals surface area (Å²) in [6, 6.07) is 2.68. The van der Waals surface area contributed by atoms with Crippen LogP contribution in [0.15, 0.2) is 23.7 Å². The molecule has 0 aliphatic carbocycles. The van der Waals surface area contributed by atoms with Gasteiger partial charge in [-0.2, -0.15) is 0 Å². The number of aliphatic imine (C=N–C) groups is 1. The lowest BCUT2D eigenvalue weighted by molar-refractivity contribution is 0.627. The fourth-order valence-electron chi connectivity index (χ4n) is 1.25. The third-order valence-corrected chi connectivity index (χ3v) is 2.17. The van der Waals surface area contributed by atoms with Crippen molar-refractivity contribution in [1.82, 2.24) is 4.90 Å². The van der Waals surface area contributed by atoms with Gasteiger partial charge in [-0.05, 0) is 24.6 Å². The third kappa shape index (κ3) is 2.82. The molecule has 0 aromatic heterocycles. The Balaban J connectivity index is 3.09. The normalized spacial score (nSPS) is 10.8. The van der Waals surface area contributed by atoms with Crippen molar-refractivity contribution in [2.45, 2.75) is 6.92 Å². The lowest BCUT2D eigenvalue weighted by atomic mass is 10.0. The highest BCUT2D eigenvalue weighted by atomic mass is 19.1. The number of nitrogens with zero attached hydrogens (tertiary/aromatic N) is 2. The van der Waals surface area contributed by atoms with Gasteiger partial charge in [0.15, 0.2) is 0 Å². The van der Waals surface area contributed by atoms with Crippen LogP contribution in [-0.4, -0.2) is 25.3 Å². The van der Waals surface area contributed by atoms with E-state index >= 15 is 0 Å². The van der Waals surface area contributed by atoms with E-state index in [-0.39, 0.29) is 5.82 Å². The summed E-state index contributed by atoms with van der Waals surface area (Å²) in [6.45, 7) is 5.61. The molecule has 0 fully saturated rings. The second-order valence-corrected chi connectivity index (χ2v) is 3.82. The van der Waals surface area contributed by atoms with Gasteiger partial charge in [-0.1, -0.05) is 6.58 Å². The highest BCUT2D eigenvalue weighted by Gasteiger charge is 2.07. The molecule has 3 nitrogen and oxygen atoms in total. The predicted octanol–water partition coefficient (Wildman–Crippen LogP) is 2.28. The minimum Gasteiger partial charge on any atom is -0.398 e. The molecule has 1 aromatic rings. The topological polar surface area (TPSA) is 41.6 Å². The number of halogens is 1. The van der Waals surface area contributed by atoms with Crippen LogP contribution in [0.25, 0.3) is 5.70 Å². The summed E-state index contributed by atoms with van der Waals surface area (Å²) in [5, 5.41) is 0. The molecule has 2 N–H and O–H groups in total.